The summed E-state index contributed by atoms with van der Waals surface area (Å²) >= 11 is 0. The molecule has 0 unspecified atom stereocenters. The lowest BCUT2D eigenvalue weighted by Crippen LogP contribution is -2.24. The molecule has 0 bridgehead atoms. The second-order valence-corrected chi connectivity index (χ2v) is 8.89. The maximum atomic E-state index is 13.2. The van der Waals surface area contributed by atoms with Gasteiger partial charge in [0.2, 0.25) is 5.91 Å². The number of hydrogen-bond donors (Lipinski definition) is 4. The van der Waals surface area contributed by atoms with Crippen molar-refractivity contribution in [3.63, 3.8) is 0 Å². The van der Waals surface area contributed by atoms with Crippen molar-refractivity contribution < 1.29 is 19.5 Å². The first-order valence-electron chi connectivity index (χ1n) is 11.3. The zero-order chi connectivity index (χ0) is 25.7. The van der Waals surface area contributed by atoms with Crippen LogP contribution in [0, 0.1) is 19.8 Å². The van der Waals surface area contributed by atoms with Gasteiger partial charge in [0.15, 0.2) is 0 Å². The summed E-state index contributed by atoms with van der Waals surface area (Å²) in [6.45, 7) is 7.96. The van der Waals surface area contributed by atoms with Crippen LogP contribution < -0.4 is 16.4 Å². The van der Waals surface area contributed by atoms with E-state index in [-0.39, 0.29) is 23.6 Å². The molecule has 3 aromatic rings. The predicted molar refractivity (Wildman–Crippen MR) is 135 cm³/mol. The van der Waals surface area contributed by atoms with Gasteiger partial charge in [-0.15, -0.1) is 0 Å². The molecule has 3 rings (SSSR count). The Morgan fingerprint density at radius 2 is 1.69 bits per heavy atom. The normalized spacial score (nSPS) is 10.8. The Labute approximate surface area is 204 Å². The van der Waals surface area contributed by atoms with E-state index >= 15 is 0 Å². The van der Waals surface area contributed by atoms with E-state index in [1.165, 1.54) is 6.07 Å². The number of carbonyl (C=O) groups excluding carboxylic acids is 2. The largest absolute Gasteiger partial charge is 0.465 e. The molecule has 182 valence electrons. The van der Waals surface area contributed by atoms with Crippen LogP contribution in [0.25, 0.3) is 11.1 Å². The Balaban J connectivity index is 2.20. The summed E-state index contributed by atoms with van der Waals surface area (Å²) in [6, 6.07) is 14.0. The van der Waals surface area contributed by atoms with E-state index in [9.17, 15) is 19.5 Å². The average molecular weight is 475 g/mol. The summed E-state index contributed by atoms with van der Waals surface area (Å²) in [5.41, 5.74) is 11.0. The fourth-order valence-corrected chi connectivity index (χ4v) is 3.90. The van der Waals surface area contributed by atoms with Gasteiger partial charge in [-0.1, -0.05) is 49.7 Å². The summed E-state index contributed by atoms with van der Waals surface area (Å²) in [4.78, 5) is 40.9. The molecule has 0 atom stereocenters. The average Bonchev–Trinajstić information content (AvgIpc) is 2.80. The maximum Gasteiger partial charge on any atom is 0.404 e. The van der Waals surface area contributed by atoms with E-state index < -0.39 is 17.9 Å². The third-order valence-electron chi connectivity index (χ3n) is 5.57. The summed E-state index contributed by atoms with van der Waals surface area (Å²) in [6.07, 6.45) is -0.504. The van der Waals surface area contributed by atoms with Gasteiger partial charge in [0.05, 0.1) is 11.4 Å². The number of rotatable bonds is 8. The molecule has 2 aromatic carbocycles. The minimum Gasteiger partial charge on any atom is -0.465 e. The number of amides is 3. The lowest BCUT2D eigenvalue weighted by atomic mass is 9.92. The van der Waals surface area contributed by atoms with Crippen LogP contribution in [0.15, 0.2) is 48.5 Å². The molecule has 8 nitrogen and oxygen atoms in total. The quantitative estimate of drug-likeness (QED) is 0.376. The number of carboxylic acid groups (broad SMARTS) is 1. The number of nitrogens with one attached hydrogen (secondary N) is 2. The minimum atomic E-state index is -1.15. The number of nitrogens with two attached hydrogens (primary N) is 1. The van der Waals surface area contributed by atoms with E-state index in [4.69, 9.17) is 10.7 Å². The Kier molecular flexibility index (Phi) is 7.86. The minimum absolute atomic E-state index is 0.0356. The number of carbonyl (C=O) groups is 3. The Morgan fingerprint density at radius 3 is 2.29 bits per heavy atom. The molecule has 1 heterocycles. The van der Waals surface area contributed by atoms with E-state index in [1.54, 1.807) is 18.2 Å². The molecule has 0 aliphatic heterocycles. The van der Waals surface area contributed by atoms with Gasteiger partial charge in [-0.3, -0.25) is 14.6 Å². The smallest absolute Gasteiger partial charge is 0.404 e. The highest BCUT2D eigenvalue weighted by Crippen LogP contribution is 2.36. The first-order valence-corrected chi connectivity index (χ1v) is 11.3. The number of hydrogen-bond acceptors (Lipinski definition) is 4. The van der Waals surface area contributed by atoms with Crippen LogP contribution in [0.1, 0.15) is 57.1 Å². The van der Waals surface area contributed by atoms with Gasteiger partial charge >= 0.3 is 6.09 Å². The molecule has 8 heteroatoms. The van der Waals surface area contributed by atoms with Gasteiger partial charge in [-0.25, -0.2) is 4.79 Å². The van der Waals surface area contributed by atoms with Crippen molar-refractivity contribution in [2.24, 2.45) is 11.7 Å². The number of aromatic nitrogens is 1. The Morgan fingerprint density at radius 1 is 1.03 bits per heavy atom. The van der Waals surface area contributed by atoms with Crippen LogP contribution >= 0.6 is 0 Å². The third-order valence-corrected chi connectivity index (χ3v) is 5.57. The first-order chi connectivity index (χ1) is 16.6. The zero-order valence-corrected chi connectivity index (χ0v) is 20.3. The van der Waals surface area contributed by atoms with Gasteiger partial charge < -0.3 is 21.5 Å². The van der Waals surface area contributed by atoms with E-state index in [2.05, 4.69) is 24.5 Å². The molecule has 0 radical (unpaired) electrons. The molecule has 5 N–H and O–H groups in total. The van der Waals surface area contributed by atoms with Crippen molar-refractivity contribution in [3.05, 3.63) is 82.2 Å². The molecule has 1 aromatic heterocycles. The van der Waals surface area contributed by atoms with Crippen LogP contribution in [0.3, 0.4) is 0 Å². The lowest BCUT2D eigenvalue weighted by molar-refractivity contribution is 0.1000. The van der Waals surface area contributed by atoms with Gasteiger partial charge in [0.25, 0.3) is 5.91 Å². The Bertz CT molecular complexity index is 1270. The van der Waals surface area contributed by atoms with Gasteiger partial charge in [0.1, 0.15) is 0 Å². The fourth-order valence-electron chi connectivity index (χ4n) is 3.90. The summed E-state index contributed by atoms with van der Waals surface area (Å²) in [5.74, 6) is -0.772. The van der Waals surface area contributed by atoms with E-state index in [0.717, 1.165) is 16.8 Å². The molecule has 0 aliphatic rings. The van der Waals surface area contributed by atoms with E-state index in [1.807, 2.05) is 38.1 Å². The molecule has 0 aliphatic carbocycles. The molecule has 0 fully saturated rings. The van der Waals surface area contributed by atoms with Crippen molar-refractivity contribution in [3.8, 4) is 11.1 Å². The SMILES string of the molecule is Cc1ccc(-c2c(CNC(=O)O)c(CC(C)C)nc(C)c2NC(=O)c2cccc(C(N)=O)c2)cc1. The highest BCUT2D eigenvalue weighted by atomic mass is 16.4. The monoisotopic (exact) mass is 474 g/mol. The highest BCUT2D eigenvalue weighted by Gasteiger charge is 2.22. The zero-order valence-electron chi connectivity index (χ0n) is 20.3. The van der Waals surface area contributed by atoms with Gasteiger partial charge in [0, 0.05) is 34.5 Å². The van der Waals surface area contributed by atoms with Crippen LogP contribution in [-0.2, 0) is 13.0 Å². The van der Waals surface area contributed by atoms with Crippen LogP contribution in [0.5, 0.6) is 0 Å². The second kappa shape index (κ2) is 10.8. The molecule has 0 spiro atoms. The van der Waals surface area contributed by atoms with Crippen molar-refractivity contribution in [2.45, 2.75) is 40.7 Å². The summed E-state index contributed by atoms with van der Waals surface area (Å²) < 4.78 is 0. The fraction of sp³-hybridized carbons (Fsp3) is 0.259. The van der Waals surface area contributed by atoms with Crippen molar-refractivity contribution in [2.75, 3.05) is 5.32 Å². The standard InChI is InChI=1S/C27H30N4O4/c1-15(2)12-22-21(14-29-27(34)35)23(18-10-8-16(3)9-11-18)24(17(4)30-22)31-26(33)20-7-5-6-19(13-20)25(28)32/h5-11,13,15,29H,12,14H2,1-4H3,(H2,28,32)(H,31,33)(H,34,35). The number of anilines is 1. The van der Waals surface area contributed by atoms with Crippen molar-refractivity contribution >= 4 is 23.6 Å². The van der Waals surface area contributed by atoms with Crippen molar-refractivity contribution in [1.29, 1.82) is 0 Å². The topological polar surface area (TPSA) is 134 Å². The molecule has 0 saturated heterocycles. The Hall–Kier alpha value is -4.20. The summed E-state index contributed by atoms with van der Waals surface area (Å²) in [5, 5.41) is 14.7. The van der Waals surface area contributed by atoms with Crippen LogP contribution in [0.4, 0.5) is 10.5 Å². The molecule has 35 heavy (non-hydrogen) atoms. The van der Waals surface area contributed by atoms with Crippen molar-refractivity contribution in [1.82, 2.24) is 10.3 Å². The van der Waals surface area contributed by atoms with Crippen LogP contribution in [-0.4, -0.2) is 28.0 Å². The lowest BCUT2D eigenvalue weighted by Gasteiger charge is -2.22. The number of nitrogens with zero attached hydrogens (tertiary/aromatic N) is 1. The second-order valence-electron chi connectivity index (χ2n) is 8.89. The molecule has 3 amide bonds. The molecular formula is C27H30N4O4. The van der Waals surface area contributed by atoms with E-state index in [0.29, 0.717) is 28.9 Å². The number of primary amides is 1. The summed E-state index contributed by atoms with van der Waals surface area (Å²) in [7, 11) is 0. The first kappa shape index (κ1) is 25.4. The maximum absolute atomic E-state index is 13.2. The predicted octanol–water partition coefficient (Wildman–Crippen LogP) is 4.68. The molecular weight excluding hydrogens is 444 g/mol. The number of pyridine rings is 1. The third kappa shape index (κ3) is 6.23. The van der Waals surface area contributed by atoms with Gasteiger partial charge in [-0.05, 0) is 49.9 Å². The molecule has 0 saturated carbocycles. The number of aryl methyl sites for hydroxylation is 2. The highest BCUT2D eigenvalue weighted by molar-refractivity contribution is 6.08. The van der Waals surface area contributed by atoms with Crippen LogP contribution in [0.2, 0.25) is 0 Å². The number of benzene rings is 2. The van der Waals surface area contributed by atoms with Gasteiger partial charge in [-0.2, -0.15) is 0 Å².